The van der Waals surface area contributed by atoms with E-state index in [0.29, 0.717) is 17.3 Å². The SMILES string of the molecule is CN=c1sc2ccccc2n1CN1CCN(CC(=O)Nc2ccccc2Cl)CC1. The number of hydrogen-bond acceptors (Lipinski definition) is 5. The minimum Gasteiger partial charge on any atom is -0.324 e. The summed E-state index contributed by atoms with van der Waals surface area (Å²) in [4.78, 5) is 22.4. The number of thiazole rings is 1. The predicted molar refractivity (Wildman–Crippen MR) is 119 cm³/mol. The van der Waals surface area contributed by atoms with Gasteiger partial charge in [0.1, 0.15) is 0 Å². The molecule has 0 aliphatic carbocycles. The molecule has 2 aromatic carbocycles. The number of fused-ring (bicyclic) bond motifs is 1. The number of carbonyl (C=O) groups is 1. The van der Waals surface area contributed by atoms with Crippen LogP contribution in [0.3, 0.4) is 0 Å². The molecule has 0 spiro atoms. The first kappa shape index (κ1) is 20.1. The zero-order valence-electron chi connectivity index (χ0n) is 16.3. The summed E-state index contributed by atoms with van der Waals surface area (Å²) in [6, 6.07) is 15.7. The maximum atomic E-state index is 12.4. The third-order valence-electron chi connectivity index (χ3n) is 5.10. The van der Waals surface area contributed by atoms with Crippen molar-refractivity contribution >= 4 is 44.7 Å². The van der Waals surface area contributed by atoms with Crippen molar-refractivity contribution in [3.05, 3.63) is 58.4 Å². The Morgan fingerprint density at radius 2 is 1.76 bits per heavy atom. The number of aromatic nitrogens is 1. The molecule has 1 amide bonds. The number of para-hydroxylation sites is 2. The van der Waals surface area contributed by atoms with Crippen molar-refractivity contribution < 1.29 is 4.79 Å². The van der Waals surface area contributed by atoms with Crippen molar-refractivity contribution in [1.82, 2.24) is 14.4 Å². The number of nitrogens with one attached hydrogen (secondary N) is 1. The van der Waals surface area contributed by atoms with Gasteiger partial charge in [0, 0.05) is 33.2 Å². The molecule has 3 aromatic rings. The lowest BCUT2D eigenvalue weighted by molar-refractivity contribution is -0.117. The van der Waals surface area contributed by atoms with Gasteiger partial charge in [-0.05, 0) is 24.3 Å². The lowest BCUT2D eigenvalue weighted by atomic mass is 10.3. The maximum absolute atomic E-state index is 12.4. The molecule has 1 N–H and O–H groups in total. The van der Waals surface area contributed by atoms with Crippen molar-refractivity contribution in [2.45, 2.75) is 6.67 Å². The van der Waals surface area contributed by atoms with Crippen LogP contribution in [0.1, 0.15) is 0 Å². The first-order chi connectivity index (χ1) is 14.1. The van der Waals surface area contributed by atoms with Crippen LogP contribution in [0.25, 0.3) is 10.2 Å². The number of benzene rings is 2. The van der Waals surface area contributed by atoms with E-state index in [1.54, 1.807) is 17.4 Å². The Kier molecular flexibility index (Phi) is 6.30. The van der Waals surface area contributed by atoms with E-state index in [-0.39, 0.29) is 5.91 Å². The van der Waals surface area contributed by atoms with Crippen molar-refractivity contribution in [1.29, 1.82) is 0 Å². The summed E-state index contributed by atoms with van der Waals surface area (Å²) in [6.45, 7) is 4.74. The van der Waals surface area contributed by atoms with Crippen molar-refractivity contribution in [2.24, 2.45) is 4.99 Å². The van der Waals surface area contributed by atoms with E-state index in [1.165, 1.54) is 10.2 Å². The lowest BCUT2D eigenvalue weighted by Crippen LogP contribution is -2.49. The van der Waals surface area contributed by atoms with Gasteiger partial charge in [0.05, 0.1) is 34.1 Å². The van der Waals surface area contributed by atoms with Crippen LogP contribution in [0.15, 0.2) is 53.5 Å². The van der Waals surface area contributed by atoms with E-state index < -0.39 is 0 Å². The van der Waals surface area contributed by atoms with Crippen LogP contribution in [0.4, 0.5) is 5.69 Å². The number of halogens is 1. The molecule has 0 bridgehead atoms. The number of hydrogen-bond donors (Lipinski definition) is 1. The van der Waals surface area contributed by atoms with Crippen LogP contribution in [0.2, 0.25) is 5.02 Å². The van der Waals surface area contributed by atoms with Gasteiger partial charge in [0.25, 0.3) is 0 Å². The Labute approximate surface area is 179 Å². The van der Waals surface area contributed by atoms with Gasteiger partial charge in [0.2, 0.25) is 5.91 Å². The van der Waals surface area contributed by atoms with Crippen LogP contribution >= 0.6 is 22.9 Å². The minimum absolute atomic E-state index is 0.0307. The summed E-state index contributed by atoms with van der Waals surface area (Å²) in [5.41, 5.74) is 1.88. The molecule has 152 valence electrons. The summed E-state index contributed by atoms with van der Waals surface area (Å²) < 4.78 is 3.53. The molecular formula is C21H24ClN5OS. The zero-order chi connectivity index (χ0) is 20.2. The van der Waals surface area contributed by atoms with E-state index in [9.17, 15) is 4.79 Å². The standard InChI is InChI=1S/C21H24ClN5OS/c1-23-21-27(18-8-4-5-9-19(18)29-21)15-26-12-10-25(11-13-26)14-20(28)24-17-7-3-2-6-16(17)22/h2-9H,10-15H2,1H3,(H,24,28). The highest BCUT2D eigenvalue weighted by Crippen LogP contribution is 2.20. The van der Waals surface area contributed by atoms with Gasteiger partial charge in [0.15, 0.2) is 4.80 Å². The van der Waals surface area contributed by atoms with Gasteiger partial charge in [-0.1, -0.05) is 47.2 Å². The van der Waals surface area contributed by atoms with Crippen LogP contribution in [-0.2, 0) is 11.5 Å². The number of anilines is 1. The van der Waals surface area contributed by atoms with Gasteiger partial charge >= 0.3 is 0 Å². The Bertz CT molecular complexity index is 1070. The predicted octanol–water partition coefficient (Wildman–Crippen LogP) is 3.10. The van der Waals surface area contributed by atoms with Crippen molar-refractivity contribution in [2.75, 3.05) is 45.1 Å². The van der Waals surface area contributed by atoms with Gasteiger partial charge in [-0.2, -0.15) is 0 Å². The molecule has 1 aromatic heterocycles. The molecule has 4 rings (SSSR count). The topological polar surface area (TPSA) is 52.9 Å². The zero-order valence-corrected chi connectivity index (χ0v) is 17.9. The second kappa shape index (κ2) is 9.09. The second-order valence-corrected chi connectivity index (χ2v) is 8.48. The molecule has 0 radical (unpaired) electrons. The Hall–Kier alpha value is -2.19. The number of amides is 1. The van der Waals surface area contributed by atoms with Crippen LogP contribution in [0, 0.1) is 0 Å². The number of piperazine rings is 1. The van der Waals surface area contributed by atoms with E-state index >= 15 is 0 Å². The molecular weight excluding hydrogens is 406 g/mol. The molecule has 6 nitrogen and oxygen atoms in total. The fourth-order valence-electron chi connectivity index (χ4n) is 3.57. The summed E-state index contributed by atoms with van der Waals surface area (Å²) in [7, 11) is 1.84. The number of carbonyl (C=O) groups excluding carboxylic acids is 1. The summed E-state index contributed by atoms with van der Waals surface area (Å²) in [5, 5.41) is 3.46. The Morgan fingerprint density at radius 1 is 1.07 bits per heavy atom. The molecule has 0 atom stereocenters. The number of rotatable bonds is 5. The van der Waals surface area contributed by atoms with Gasteiger partial charge < -0.3 is 9.88 Å². The molecule has 0 saturated carbocycles. The molecule has 2 heterocycles. The molecule has 8 heteroatoms. The molecule has 1 aliphatic heterocycles. The second-order valence-electron chi connectivity index (χ2n) is 7.07. The highest BCUT2D eigenvalue weighted by Gasteiger charge is 2.20. The summed E-state index contributed by atoms with van der Waals surface area (Å²) >= 11 is 7.84. The molecule has 1 aliphatic rings. The molecule has 1 saturated heterocycles. The van der Waals surface area contributed by atoms with Crippen molar-refractivity contribution in [3.63, 3.8) is 0 Å². The Balaban J connectivity index is 1.33. The third kappa shape index (κ3) is 4.70. The van der Waals surface area contributed by atoms with E-state index in [4.69, 9.17) is 11.6 Å². The van der Waals surface area contributed by atoms with E-state index in [2.05, 4.69) is 48.9 Å². The van der Waals surface area contributed by atoms with Crippen LogP contribution in [0.5, 0.6) is 0 Å². The summed E-state index contributed by atoms with van der Waals surface area (Å²) in [5.74, 6) is -0.0307. The maximum Gasteiger partial charge on any atom is 0.238 e. The van der Waals surface area contributed by atoms with E-state index in [0.717, 1.165) is 37.6 Å². The van der Waals surface area contributed by atoms with Crippen molar-refractivity contribution in [3.8, 4) is 0 Å². The fraction of sp³-hybridized carbons (Fsp3) is 0.333. The fourth-order valence-corrected chi connectivity index (χ4v) is 4.74. The average Bonchev–Trinajstić information content (AvgIpc) is 3.09. The molecule has 29 heavy (non-hydrogen) atoms. The molecule has 1 fully saturated rings. The highest BCUT2D eigenvalue weighted by atomic mass is 35.5. The van der Waals surface area contributed by atoms with Gasteiger partial charge in [-0.25, -0.2) is 0 Å². The highest BCUT2D eigenvalue weighted by molar-refractivity contribution is 7.16. The van der Waals surface area contributed by atoms with E-state index in [1.807, 2.05) is 25.2 Å². The number of nitrogens with zero attached hydrogens (tertiary/aromatic N) is 4. The lowest BCUT2D eigenvalue weighted by Gasteiger charge is -2.34. The monoisotopic (exact) mass is 429 g/mol. The van der Waals surface area contributed by atoms with Gasteiger partial charge in [-0.3, -0.25) is 19.6 Å². The first-order valence-electron chi connectivity index (χ1n) is 9.64. The minimum atomic E-state index is -0.0307. The third-order valence-corrected chi connectivity index (χ3v) is 6.58. The normalized spacial score (nSPS) is 16.4. The Morgan fingerprint density at radius 3 is 2.52 bits per heavy atom. The van der Waals surface area contributed by atoms with Gasteiger partial charge in [-0.15, -0.1) is 0 Å². The van der Waals surface area contributed by atoms with Crippen LogP contribution < -0.4 is 10.1 Å². The summed E-state index contributed by atoms with van der Waals surface area (Å²) in [6.07, 6.45) is 0. The average molecular weight is 430 g/mol. The van der Waals surface area contributed by atoms with Crippen LogP contribution in [-0.4, -0.2) is 60.0 Å². The first-order valence-corrected chi connectivity index (χ1v) is 10.8. The smallest absolute Gasteiger partial charge is 0.238 e. The quantitative estimate of drug-likeness (QED) is 0.678. The largest absolute Gasteiger partial charge is 0.324 e. The molecule has 0 unspecified atom stereocenters.